The van der Waals surface area contributed by atoms with E-state index in [1.165, 1.54) is 7.11 Å². The molecule has 6 nitrogen and oxygen atoms in total. The minimum atomic E-state index is -1.08. The Hall–Kier alpha value is -2.08. The van der Waals surface area contributed by atoms with Crippen LogP contribution in [-0.2, 0) is 14.3 Å². The summed E-state index contributed by atoms with van der Waals surface area (Å²) in [6.45, 7) is 3.15. The molecule has 6 heteroatoms. The maximum atomic E-state index is 11.9. The molecule has 0 spiro atoms. The number of amides is 1. The molecule has 110 valence electrons. The van der Waals surface area contributed by atoms with Crippen molar-refractivity contribution in [1.82, 2.24) is 0 Å². The third-order valence-corrected chi connectivity index (χ3v) is 2.65. The second-order valence-electron chi connectivity index (χ2n) is 4.87. The maximum absolute atomic E-state index is 11.9. The third-order valence-electron chi connectivity index (χ3n) is 2.65. The van der Waals surface area contributed by atoms with Crippen molar-refractivity contribution in [3.05, 3.63) is 24.3 Å². The molecule has 20 heavy (non-hydrogen) atoms. The van der Waals surface area contributed by atoms with E-state index in [0.717, 1.165) is 0 Å². The van der Waals surface area contributed by atoms with Crippen LogP contribution in [0.4, 0.5) is 5.69 Å². The first kappa shape index (κ1) is 16.0. The molecule has 0 heterocycles. The van der Waals surface area contributed by atoms with Gasteiger partial charge < -0.3 is 19.9 Å². The molecule has 0 aliphatic carbocycles. The largest absolute Gasteiger partial charge is 0.480 e. The standard InChI is InChI=1S/C14H19NO5/c1-14(2,19-3)8-12(16)15-10-6-4-5-7-11(10)20-9-13(17)18/h4-7H,8-9H2,1-3H3,(H,15,16)(H,17,18). The van der Waals surface area contributed by atoms with Crippen molar-refractivity contribution in [1.29, 1.82) is 0 Å². The van der Waals surface area contributed by atoms with E-state index in [1.54, 1.807) is 38.1 Å². The normalized spacial score (nSPS) is 10.9. The van der Waals surface area contributed by atoms with E-state index in [1.807, 2.05) is 0 Å². The van der Waals surface area contributed by atoms with Crippen LogP contribution in [0, 0.1) is 0 Å². The van der Waals surface area contributed by atoms with Crippen molar-refractivity contribution in [2.24, 2.45) is 0 Å². The highest BCUT2D eigenvalue weighted by Gasteiger charge is 2.21. The number of benzene rings is 1. The van der Waals surface area contributed by atoms with Crippen LogP contribution in [0.3, 0.4) is 0 Å². The Morgan fingerprint density at radius 2 is 1.95 bits per heavy atom. The van der Waals surface area contributed by atoms with Gasteiger partial charge in [0, 0.05) is 7.11 Å². The van der Waals surface area contributed by atoms with Crippen molar-refractivity contribution in [2.75, 3.05) is 19.0 Å². The molecule has 0 unspecified atom stereocenters. The van der Waals surface area contributed by atoms with Crippen molar-refractivity contribution >= 4 is 17.6 Å². The van der Waals surface area contributed by atoms with Gasteiger partial charge in [0.15, 0.2) is 6.61 Å². The monoisotopic (exact) mass is 281 g/mol. The summed E-state index contributed by atoms with van der Waals surface area (Å²) in [5.74, 6) is -0.992. The molecule has 1 aromatic rings. The van der Waals surface area contributed by atoms with E-state index in [-0.39, 0.29) is 12.3 Å². The number of hydrogen-bond acceptors (Lipinski definition) is 4. The van der Waals surface area contributed by atoms with Crippen molar-refractivity contribution in [3.63, 3.8) is 0 Å². The minimum Gasteiger partial charge on any atom is -0.480 e. The lowest BCUT2D eigenvalue weighted by molar-refractivity contribution is -0.139. The van der Waals surface area contributed by atoms with Gasteiger partial charge in [-0.1, -0.05) is 12.1 Å². The third kappa shape index (κ3) is 5.27. The number of carbonyl (C=O) groups excluding carboxylic acids is 1. The maximum Gasteiger partial charge on any atom is 0.341 e. The number of para-hydroxylation sites is 2. The lowest BCUT2D eigenvalue weighted by Crippen LogP contribution is -2.29. The quantitative estimate of drug-likeness (QED) is 0.797. The number of ether oxygens (including phenoxy) is 2. The zero-order valence-corrected chi connectivity index (χ0v) is 11.8. The van der Waals surface area contributed by atoms with Gasteiger partial charge >= 0.3 is 5.97 Å². The van der Waals surface area contributed by atoms with Crippen molar-refractivity contribution in [3.8, 4) is 5.75 Å². The highest BCUT2D eigenvalue weighted by atomic mass is 16.5. The summed E-state index contributed by atoms with van der Waals surface area (Å²) < 4.78 is 10.3. The molecule has 0 aliphatic heterocycles. The van der Waals surface area contributed by atoms with E-state index < -0.39 is 18.2 Å². The number of hydrogen-bond donors (Lipinski definition) is 2. The van der Waals surface area contributed by atoms with Gasteiger partial charge in [0.2, 0.25) is 5.91 Å². The number of nitrogens with one attached hydrogen (secondary N) is 1. The molecule has 1 amide bonds. The molecule has 0 radical (unpaired) electrons. The molecule has 2 N–H and O–H groups in total. The lowest BCUT2D eigenvalue weighted by Gasteiger charge is -2.22. The Morgan fingerprint density at radius 1 is 1.30 bits per heavy atom. The van der Waals surface area contributed by atoms with Crippen LogP contribution >= 0.6 is 0 Å². The molecule has 0 atom stereocenters. The molecule has 0 saturated carbocycles. The highest BCUT2D eigenvalue weighted by molar-refractivity contribution is 5.92. The predicted octanol–water partition coefficient (Wildman–Crippen LogP) is 1.90. The van der Waals surface area contributed by atoms with E-state index in [2.05, 4.69) is 5.32 Å². The number of rotatable bonds is 7. The Bertz CT molecular complexity index is 484. The van der Waals surface area contributed by atoms with Gasteiger partial charge in [-0.25, -0.2) is 4.79 Å². The molecular weight excluding hydrogens is 262 g/mol. The molecule has 1 aromatic carbocycles. The second kappa shape index (κ2) is 6.91. The van der Waals surface area contributed by atoms with Gasteiger partial charge in [-0.2, -0.15) is 0 Å². The summed E-state index contributed by atoms with van der Waals surface area (Å²) in [7, 11) is 1.54. The summed E-state index contributed by atoms with van der Waals surface area (Å²) in [4.78, 5) is 22.4. The average Bonchev–Trinajstić information content (AvgIpc) is 2.37. The Kier molecular flexibility index (Phi) is 5.52. The first-order valence-corrected chi connectivity index (χ1v) is 6.13. The van der Waals surface area contributed by atoms with E-state index in [4.69, 9.17) is 14.6 Å². The van der Waals surface area contributed by atoms with E-state index >= 15 is 0 Å². The molecule has 0 aromatic heterocycles. The van der Waals surface area contributed by atoms with Crippen molar-refractivity contribution < 1.29 is 24.2 Å². The Labute approximate surface area is 117 Å². The van der Waals surface area contributed by atoms with E-state index in [0.29, 0.717) is 11.4 Å². The highest BCUT2D eigenvalue weighted by Crippen LogP contribution is 2.24. The van der Waals surface area contributed by atoms with Gasteiger partial charge in [-0.15, -0.1) is 0 Å². The van der Waals surface area contributed by atoms with Crippen molar-refractivity contribution in [2.45, 2.75) is 25.9 Å². The van der Waals surface area contributed by atoms with Crippen LogP contribution < -0.4 is 10.1 Å². The SMILES string of the molecule is COC(C)(C)CC(=O)Nc1ccccc1OCC(=O)O. The molecule has 0 fully saturated rings. The predicted molar refractivity (Wildman–Crippen MR) is 73.9 cm³/mol. The smallest absolute Gasteiger partial charge is 0.341 e. The Morgan fingerprint density at radius 3 is 2.55 bits per heavy atom. The fourth-order valence-corrected chi connectivity index (χ4v) is 1.49. The van der Waals surface area contributed by atoms with Crippen LogP contribution in [-0.4, -0.2) is 36.3 Å². The van der Waals surface area contributed by atoms with Gasteiger partial charge in [-0.3, -0.25) is 4.79 Å². The van der Waals surface area contributed by atoms with Crippen LogP contribution in [0.1, 0.15) is 20.3 Å². The zero-order valence-electron chi connectivity index (χ0n) is 11.8. The molecule has 0 bridgehead atoms. The topological polar surface area (TPSA) is 84.9 Å². The number of methoxy groups -OCH3 is 1. The number of carboxylic acid groups (broad SMARTS) is 1. The van der Waals surface area contributed by atoms with Gasteiger partial charge in [-0.05, 0) is 26.0 Å². The lowest BCUT2D eigenvalue weighted by atomic mass is 10.0. The van der Waals surface area contributed by atoms with Crippen LogP contribution in [0.5, 0.6) is 5.75 Å². The number of carboxylic acids is 1. The molecule has 1 rings (SSSR count). The van der Waals surface area contributed by atoms with Crippen LogP contribution in [0.15, 0.2) is 24.3 Å². The second-order valence-corrected chi connectivity index (χ2v) is 4.87. The first-order chi connectivity index (χ1) is 9.34. The Balaban J connectivity index is 2.72. The summed E-state index contributed by atoms with van der Waals surface area (Å²) in [5.41, 5.74) is -0.133. The summed E-state index contributed by atoms with van der Waals surface area (Å²) in [6.07, 6.45) is 0.177. The summed E-state index contributed by atoms with van der Waals surface area (Å²) >= 11 is 0. The molecule has 0 saturated heterocycles. The summed E-state index contributed by atoms with van der Waals surface area (Å²) in [5, 5.41) is 11.3. The van der Waals surface area contributed by atoms with Crippen LogP contribution in [0.25, 0.3) is 0 Å². The fraction of sp³-hybridized carbons (Fsp3) is 0.429. The van der Waals surface area contributed by atoms with E-state index in [9.17, 15) is 9.59 Å². The fourth-order valence-electron chi connectivity index (χ4n) is 1.49. The van der Waals surface area contributed by atoms with Gasteiger partial charge in [0.25, 0.3) is 0 Å². The van der Waals surface area contributed by atoms with Gasteiger partial charge in [0.1, 0.15) is 5.75 Å². The molecular formula is C14H19NO5. The van der Waals surface area contributed by atoms with Crippen LogP contribution in [0.2, 0.25) is 0 Å². The number of anilines is 1. The first-order valence-electron chi connectivity index (χ1n) is 6.13. The summed E-state index contributed by atoms with van der Waals surface area (Å²) in [6, 6.07) is 6.67. The number of aliphatic carboxylic acids is 1. The number of carbonyl (C=O) groups is 2. The van der Waals surface area contributed by atoms with Gasteiger partial charge in [0.05, 0.1) is 17.7 Å². The minimum absolute atomic E-state index is 0.177. The average molecular weight is 281 g/mol. The zero-order chi connectivity index (χ0) is 15.2. The molecule has 0 aliphatic rings.